The zero-order chi connectivity index (χ0) is 34.1. The van der Waals surface area contributed by atoms with Gasteiger partial charge in [0.2, 0.25) is 5.91 Å². The smallest absolute Gasteiger partial charge is 0.233 e. The highest BCUT2D eigenvalue weighted by Crippen LogP contribution is 2.48. The van der Waals surface area contributed by atoms with E-state index in [9.17, 15) is 39.5 Å². The van der Waals surface area contributed by atoms with Gasteiger partial charge >= 0.3 is 0 Å². The summed E-state index contributed by atoms with van der Waals surface area (Å²) in [5.41, 5.74) is 4.98. The molecule has 2 saturated heterocycles. The third-order valence-electron chi connectivity index (χ3n) is 9.44. The number of hydrogen-bond acceptors (Lipinski definition) is 8. The van der Waals surface area contributed by atoms with Gasteiger partial charge in [0, 0.05) is 29.7 Å². The van der Waals surface area contributed by atoms with Crippen molar-refractivity contribution in [1.82, 2.24) is 0 Å². The predicted molar refractivity (Wildman–Crippen MR) is 176 cm³/mol. The summed E-state index contributed by atoms with van der Waals surface area (Å²) in [5.74, 6) is -1.31. The van der Waals surface area contributed by atoms with E-state index in [2.05, 4.69) is 0 Å². The number of aliphatic hydroxyl groups is 4. The van der Waals surface area contributed by atoms with E-state index in [1.54, 1.807) is 17.0 Å². The topological polar surface area (TPSA) is 148 Å². The molecule has 0 unspecified atom stereocenters. The number of nitrogens with zero attached hydrogens (tertiary/aromatic N) is 1. The molecular formula is C38H38FNO8. The third-order valence-corrected chi connectivity index (χ3v) is 9.44. The van der Waals surface area contributed by atoms with Gasteiger partial charge in [0.15, 0.2) is 5.78 Å². The van der Waals surface area contributed by atoms with Crippen molar-refractivity contribution in [1.29, 1.82) is 0 Å². The van der Waals surface area contributed by atoms with Crippen molar-refractivity contribution in [2.24, 2.45) is 5.92 Å². The average molecular weight is 656 g/mol. The number of rotatable bonds is 10. The van der Waals surface area contributed by atoms with E-state index in [0.717, 1.165) is 22.3 Å². The number of aromatic hydroxyl groups is 1. The van der Waals surface area contributed by atoms with Gasteiger partial charge in [0.1, 0.15) is 36.0 Å². The SMILES string of the molecule is Cc1ccc(N2C(=O)[C@H](CCC(=O)c3ccc(F)cc3)[C@H]2c2ccc(-c3ccc(C[C@@H]4O[C@H](CO)[C@@H](O)[C@H](O)[C@H]4O)cc3)cc2O)cc1. The molecule has 0 aliphatic carbocycles. The van der Waals surface area contributed by atoms with E-state index in [0.29, 0.717) is 16.8 Å². The molecule has 2 aliphatic heterocycles. The second kappa shape index (κ2) is 14.0. The monoisotopic (exact) mass is 655 g/mol. The molecule has 0 spiro atoms. The molecule has 4 aromatic rings. The molecule has 2 aliphatic rings. The largest absolute Gasteiger partial charge is 0.508 e. The van der Waals surface area contributed by atoms with Gasteiger partial charge in [0.05, 0.1) is 24.7 Å². The maximum absolute atomic E-state index is 13.5. The summed E-state index contributed by atoms with van der Waals surface area (Å²) in [4.78, 5) is 28.0. The summed E-state index contributed by atoms with van der Waals surface area (Å²) >= 11 is 0. The Balaban J connectivity index is 1.20. The normalized spacial score (nSPS) is 25.5. The molecule has 2 fully saturated rings. The minimum Gasteiger partial charge on any atom is -0.508 e. The molecule has 1 amide bonds. The van der Waals surface area contributed by atoms with Crippen LogP contribution in [-0.2, 0) is 16.0 Å². The lowest BCUT2D eigenvalue weighted by Gasteiger charge is -2.47. The van der Waals surface area contributed by atoms with E-state index >= 15 is 0 Å². The summed E-state index contributed by atoms with van der Waals surface area (Å²) < 4.78 is 19.0. The molecule has 5 N–H and O–H groups in total. The van der Waals surface area contributed by atoms with Gasteiger partial charge in [-0.15, -0.1) is 0 Å². The lowest BCUT2D eigenvalue weighted by atomic mass is 9.77. The van der Waals surface area contributed by atoms with Crippen LogP contribution in [0.5, 0.6) is 5.75 Å². The fraction of sp³-hybridized carbons (Fsp3) is 0.316. The molecule has 4 aromatic carbocycles. The predicted octanol–water partition coefficient (Wildman–Crippen LogP) is 4.26. The number of anilines is 1. The maximum atomic E-state index is 13.5. The van der Waals surface area contributed by atoms with Crippen LogP contribution in [-0.4, -0.2) is 74.3 Å². The molecule has 0 saturated carbocycles. The number of halogens is 1. The van der Waals surface area contributed by atoms with Crippen molar-refractivity contribution in [3.63, 3.8) is 0 Å². The number of β-lactam (4-membered cyclic amide) rings is 1. The highest BCUT2D eigenvalue weighted by atomic mass is 19.1. The van der Waals surface area contributed by atoms with Gasteiger partial charge in [-0.1, -0.05) is 54.1 Å². The Labute approximate surface area is 277 Å². The number of aliphatic hydroxyl groups excluding tert-OH is 4. The van der Waals surface area contributed by atoms with Gasteiger partial charge in [-0.05, 0) is 72.5 Å². The lowest BCUT2D eigenvalue weighted by molar-refractivity contribution is -0.228. The Morgan fingerprint density at radius 1 is 0.833 bits per heavy atom. The number of ether oxygens (including phenoxy) is 1. The van der Waals surface area contributed by atoms with Crippen LogP contribution in [0.3, 0.4) is 0 Å². The number of amides is 1. The van der Waals surface area contributed by atoms with Crippen molar-refractivity contribution in [3.05, 3.63) is 119 Å². The number of carbonyl (C=O) groups excluding carboxylic acids is 2. The third kappa shape index (κ3) is 6.63. The Kier molecular flexibility index (Phi) is 9.73. The van der Waals surface area contributed by atoms with Gasteiger partial charge in [-0.25, -0.2) is 4.39 Å². The fourth-order valence-corrected chi connectivity index (χ4v) is 6.63. The Bertz CT molecular complexity index is 1760. The minimum atomic E-state index is -1.44. The van der Waals surface area contributed by atoms with E-state index in [-0.39, 0.29) is 36.7 Å². The fourth-order valence-electron chi connectivity index (χ4n) is 6.63. The van der Waals surface area contributed by atoms with Crippen LogP contribution >= 0.6 is 0 Å². The number of phenols is 1. The van der Waals surface area contributed by atoms with Crippen molar-refractivity contribution in [3.8, 4) is 16.9 Å². The molecule has 0 bridgehead atoms. The molecular weight excluding hydrogens is 617 g/mol. The number of carbonyl (C=O) groups is 2. The van der Waals surface area contributed by atoms with Crippen LogP contribution in [0.25, 0.3) is 11.1 Å². The standard InChI is InChI=1S/C38H38FNO8/c1-21-2-13-27(14-3-21)40-34(29(38(40)47)16-17-30(42)24-8-11-26(39)12-9-24)28-15-10-25(19-31(28)43)23-6-4-22(5-7-23)18-32-35(44)37(46)36(45)33(20-41)48-32/h2-15,19,29,32-37,41,43-46H,16-18,20H2,1H3/t29-,32+,33-,34-,35+,36-,37-/m1/s1. The molecule has 7 atom stereocenters. The quantitative estimate of drug-likeness (QED) is 0.126. The second-order valence-electron chi connectivity index (χ2n) is 12.6. The average Bonchev–Trinajstić information content (AvgIpc) is 3.09. The van der Waals surface area contributed by atoms with Gasteiger partial charge in [-0.3, -0.25) is 9.59 Å². The summed E-state index contributed by atoms with van der Waals surface area (Å²) in [7, 11) is 0. The maximum Gasteiger partial charge on any atom is 0.233 e. The summed E-state index contributed by atoms with van der Waals surface area (Å²) in [6.07, 6.45) is -5.39. The molecule has 0 aromatic heterocycles. The Morgan fingerprint density at radius 3 is 2.12 bits per heavy atom. The summed E-state index contributed by atoms with van der Waals surface area (Å²) in [6.45, 7) is 1.46. The van der Waals surface area contributed by atoms with Gasteiger partial charge in [0.25, 0.3) is 0 Å². The van der Waals surface area contributed by atoms with Crippen molar-refractivity contribution in [2.45, 2.75) is 62.7 Å². The Hall–Kier alpha value is -4.45. The van der Waals surface area contributed by atoms with Crippen LogP contribution in [0, 0.1) is 18.7 Å². The summed E-state index contributed by atoms with van der Waals surface area (Å²) in [5, 5.41) is 51.4. The van der Waals surface area contributed by atoms with Crippen LogP contribution in [0.2, 0.25) is 0 Å². The molecule has 48 heavy (non-hydrogen) atoms. The van der Waals surface area contributed by atoms with Crippen molar-refractivity contribution in [2.75, 3.05) is 11.5 Å². The van der Waals surface area contributed by atoms with Crippen LogP contribution < -0.4 is 4.90 Å². The first kappa shape index (κ1) is 33.5. The summed E-state index contributed by atoms with van der Waals surface area (Å²) in [6, 6.07) is 25.0. The highest BCUT2D eigenvalue weighted by molar-refractivity contribution is 6.04. The number of benzene rings is 4. The first-order valence-electron chi connectivity index (χ1n) is 16.0. The van der Waals surface area contributed by atoms with E-state index in [1.807, 2.05) is 61.5 Å². The lowest BCUT2D eigenvalue weighted by Crippen LogP contribution is -2.58. The van der Waals surface area contributed by atoms with Crippen molar-refractivity contribution < 1.29 is 44.2 Å². The Morgan fingerprint density at radius 2 is 1.48 bits per heavy atom. The zero-order valence-corrected chi connectivity index (χ0v) is 26.3. The number of hydrogen-bond donors (Lipinski definition) is 5. The molecule has 250 valence electrons. The first-order chi connectivity index (χ1) is 23.0. The second-order valence-corrected chi connectivity index (χ2v) is 12.6. The zero-order valence-electron chi connectivity index (χ0n) is 26.3. The number of aryl methyl sites for hydroxylation is 1. The number of Topliss-reactive ketones (excluding diaryl/α,β-unsaturated/α-hetero) is 1. The molecule has 2 heterocycles. The number of ketones is 1. The van der Waals surface area contributed by atoms with Gasteiger partial charge < -0.3 is 35.2 Å². The highest BCUT2D eigenvalue weighted by Gasteiger charge is 2.49. The van der Waals surface area contributed by atoms with E-state index < -0.39 is 54.9 Å². The number of phenolic OH excluding ortho intramolecular Hbond substituents is 1. The van der Waals surface area contributed by atoms with Crippen LogP contribution in [0.4, 0.5) is 10.1 Å². The molecule has 0 radical (unpaired) electrons. The molecule has 9 nitrogen and oxygen atoms in total. The van der Waals surface area contributed by atoms with Crippen LogP contribution in [0.15, 0.2) is 91.0 Å². The first-order valence-corrected chi connectivity index (χ1v) is 16.0. The molecule has 6 rings (SSSR count). The van der Waals surface area contributed by atoms with Crippen LogP contribution in [0.1, 0.15) is 45.9 Å². The van der Waals surface area contributed by atoms with Gasteiger partial charge in [-0.2, -0.15) is 0 Å². The van der Waals surface area contributed by atoms with Crippen molar-refractivity contribution >= 4 is 17.4 Å². The minimum absolute atomic E-state index is 0.00219. The van der Waals surface area contributed by atoms with E-state index in [1.165, 1.54) is 24.3 Å². The molecule has 10 heteroatoms. The van der Waals surface area contributed by atoms with E-state index in [4.69, 9.17) is 4.74 Å².